The largest absolute Gasteiger partial charge is 0.396 e. The minimum absolute atomic E-state index is 0.319. The maximum Gasteiger partial charge on any atom is 0.258 e. The van der Waals surface area contributed by atoms with Crippen LogP contribution in [-0.4, -0.2) is 5.91 Å². The normalized spacial score (nSPS) is 10.0. The van der Waals surface area contributed by atoms with Gasteiger partial charge >= 0.3 is 0 Å². The van der Waals surface area contributed by atoms with Gasteiger partial charge in [-0.15, -0.1) is 0 Å². The molecule has 0 aliphatic rings. The zero-order valence-electron chi connectivity index (χ0n) is 10.5. The summed E-state index contributed by atoms with van der Waals surface area (Å²) in [6, 6.07) is 7.92. The lowest BCUT2D eigenvalue weighted by molar-refractivity contribution is 0.102. The van der Waals surface area contributed by atoms with Gasteiger partial charge in [-0.05, 0) is 40.2 Å². The Kier molecular flexibility index (Phi) is 4.19. The molecule has 21 heavy (non-hydrogen) atoms. The first kappa shape index (κ1) is 14.9. The number of amides is 1. The van der Waals surface area contributed by atoms with Gasteiger partial charge in [0, 0.05) is 10.5 Å². The number of nitrogens with two attached hydrogens (primary N) is 1. The van der Waals surface area contributed by atoms with E-state index < -0.39 is 17.5 Å². The second kappa shape index (κ2) is 5.89. The second-order valence-corrected chi connectivity index (χ2v) is 4.97. The summed E-state index contributed by atoms with van der Waals surface area (Å²) < 4.78 is 27.1. The van der Waals surface area contributed by atoms with Gasteiger partial charge in [-0.1, -0.05) is 0 Å². The van der Waals surface area contributed by atoms with Gasteiger partial charge in [0.1, 0.15) is 11.6 Å². The number of hydrogen-bond acceptors (Lipinski definition) is 3. The lowest BCUT2D eigenvalue weighted by Crippen LogP contribution is -2.15. The van der Waals surface area contributed by atoms with Crippen molar-refractivity contribution in [2.24, 2.45) is 0 Å². The number of nitriles is 1. The number of benzene rings is 2. The van der Waals surface area contributed by atoms with Crippen LogP contribution in [0.25, 0.3) is 0 Å². The Balaban J connectivity index is 2.31. The fraction of sp³-hybridized carbons (Fsp3) is 0. The molecule has 2 rings (SSSR count). The van der Waals surface area contributed by atoms with E-state index in [2.05, 4.69) is 21.2 Å². The minimum Gasteiger partial charge on any atom is -0.396 e. The van der Waals surface area contributed by atoms with E-state index in [1.165, 1.54) is 18.2 Å². The first-order valence-corrected chi connectivity index (χ1v) is 6.47. The number of carbonyl (C=O) groups is 1. The van der Waals surface area contributed by atoms with Crippen molar-refractivity contribution in [2.75, 3.05) is 11.1 Å². The Hall–Kier alpha value is -2.46. The number of nitrogen functional groups attached to an aromatic ring is 1. The lowest BCUT2D eigenvalue weighted by atomic mass is 10.1. The van der Waals surface area contributed by atoms with E-state index in [-0.39, 0.29) is 11.3 Å². The molecule has 0 fully saturated rings. The van der Waals surface area contributed by atoms with Crippen LogP contribution in [0.15, 0.2) is 34.8 Å². The van der Waals surface area contributed by atoms with E-state index in [4.69, 9.17) is 11.0 Å². The Labute approximate surface area is 127 Å². The zero-order chi connectivity index (χ0) is 15.6. The SMILES string of the molecule is N#Cc1ccc(NC(=O)c2cc(N)c(F)cc2F)c(Br)c1. The van der Waals surface area contributed by atoms with Crippen LogP contribution in [0.4, 0.5) is 20.2 Å². The van der Waals surface area contributed by atoms with Crippen molar-refractivity contribution in [1.29, 1.82) is 5.26 Å². The molecule has 0 heterocycles. The van der Waals surface area contributed by atoms with E-state index in [1.54, 1.807) is 0 Å². The summed E-state index contributed by atoms with van der Waals surface area (Å²) in [5.41, 5.74) is 5.38. The third-order valence-corrected chi connectivity index (χ3v) is 3.33. The standard InChI is InChI=1S/C14H8BrF2N3O/c15-9-3-7(6-18)1-2-13(9)20-14(21)8-4-12(19)11(17)5-10(8)16/h1-5H,19H2,(H,20,21). The van der Waals surface area contributed by atoms with Gasteiger partial charge in [0.2, 0.25) is 0 Å². The number of hydrogen-bond donors (Lipinski definition) is 2. The van der Waals surface area contributed by atoms with Gasteiger partial charge in [-0.2, -0.15) is 5.26 Å². The van der Waals surface area contributed by atoms with Crippen molar-refractivity contribution in [2.45, 2.75) is 0 Å². The van der Waals surface area contributed by atoms with Crippen LogP contribution in [0.3, 0.4) is 0 Å². The highest BCUT2D eigenvalue weighted by atomic mass is 79.9. The van der Waals surface area contributed by atoms with E-state index in [0.717, 1.165) is 6.07 Å². The van der Waals surface area contributed by atoms with Crippen molar-refractivity contribution in [1.82, 2.24) is 0 Å². The van der Waals surface area contributed by atoms with Gasteiger partial charge in [0.15, 0.2) is 0 Å². The fourth-order valence-corrected chi connectivity index (χ4v) is 2.09. The van der Waals surface area contributed by atoms with Crippen molar-refractivity contribution < 1.29 is 13.6 Å². The Morgan fingerprint density at radius 2 is 1.95 bits per heavy atom. The van der Waals surface area contributed by atoms with Crippen LogP contribution in [0.2, 0.25) is 0 Å². The second-order valence-electron chi connectivity index (χ2n) is 4.11. The van der Waals surface area contributed by atoms with Crippen LogP contribution < -0.4 is 11.1 Å². The molecule has 0 aromatic heterocycles. The molecule has 0 aliphatic heterocycles. The molecule has 3 N–H and O–H groups in total. The average molecular weight is 352 g/mol. The highest BCUT2D eigenvalue weighted by Gasteiger charge is 2.16. The van der Waals surface area contributed by atoms with Crippen LogP contribution in [0.5, 0.6) is 0 Å². The molecule has 0 bridgehead atoms. The molecule has 0 saturated heterocycles. The van der Waals surface area contributed by atoms with Crippen LogP contribution in [0.1, 0.15) is 15.9 Å². The van der Waals surface area contributed by atoms with Crippen LogP contribution in [0, 0.1) is 23.0 Å². The number of nitrogens with zero attached hydrogens (tertiary/aromatic N) is 1. The van der Waals surface area contributed by atoms with Gasteiger partial charge < -0.3 is 11.1 Å². The predicted molar refractivity (Wildman–Crippen MR) is 77.6 cm³/mol. The Bertz CT molecular complexity index is 772. The molecule has 106 valence electrons. The maximum atomic E-state index is 13.6. The number of rotatable bonds is 2. The van der Waals surface area contributed by atoms with Gasteiger partial charge in [0.05, 0.1) is 28.6 Å². The van der Waals surface area contributed by atoms with E-state index in [0.29, 0.717) is 21.8 Å². The van der Waals surface area contributed by atoms with E-state index in [9.17, 15) is 13.6 Å². The van der Waals surface area contributed by atoms with Crippen molar-refractivity contribution in [3.63, 3.8) is 0 Å². The predicted octanol–water partition coefficient (Wildman–Crippen LogP) is 3.43. The highest BCUT2D eigenvalue weighted by molar-refractivity contribution is 9.10. The molecule has 0 unspecified atom stereocenters. The Morgan fingerprint density at radius 1 is 1.24 bits per heavy atom. The van der Waals surface area contributed by atoms with Crippen LogP contribution in [-0.2, 0) is 0 Å². The van der Waals surface area contributed by atoms with Crippen molar-refractivity contribution >= 4 is 33.2 Å². The lowest BCUT2D eigenvalue weighted by Gasteiger charge is -2.09. The summed E-state index contributed by atoms with van der Waals surface area (Å²) in [5, 5.41) is 11.2. The molecule has 4 nitrogen and oxygen atoms in total. The summed E-state index contributed by atoms with van der Waals surface area (Å²) in [6.45, 7) is 0. The molecule has 1 amide bonds. The smallest absolute Gasteiger partial charge is 0.258 e. The number of nitrogens with one attached hydrogen (secondary N) is 1. The molecule has 7 heteroatoms. The first-order valence-electron chi connectivity index (χ1n) is 5.68. The zero-order valence-corrected chi connectivity index (χ0v) is 12.0. The van der Waals surface area contributed by atoms with Crippen molar-refractivity contribution in [3.05, 3.63) is 57.6 Å². The average Bonchev–Trinajstić information content (AvgIpc) is 2.44. The summed E-state index contributed by atoms with van der Waals surface area (Å²) in [6.07, 6.45) is 0. The van der Waals surface area contributed by atoms with Gasteiger partial charge in [0.25, 0.3) is 5.91 Å². The number of halogens is 3. The third-order valence-electron chi connectivity index (χ3n) is 2.68. The molecule has 0 radical (unpaired) electrons. The topological polar surface area (TPSA) is 78.9 Å². The van der Waals surface area contributed by atoms with Crippen LogP contribution >= 0.6 is 15.9 Å². The number of anilines is 2. The van der Waals surface area contributed by atoms with Gasteiger partial charge in [-0.3, -0.25) is 4.79 Å². The fourth-order valence-electron chi connectivity index (χ4n) is 1.62. The molecule has 2 aromatic carbocycles. The molecule has 0 spiro atoms. The molecule has 0 saturated carbocycles. The minimum atomic E-state index is -1.01. The van der Waals surface area contributed by atoms with Crippen molar-refractivity contribution in [3.8, 4) is 6.07 Å². The summed E-state index contributed by atoms with van der Waals surface area (Å²) in [5.74, 6) is -2.71. The molecule has 2 aromatic rings. The molecule has 0 aliphatic carbocycles. The quantitative estimate of drug-likeness (QED) is 0.813. The molecular weight excluding hydrogens is 344 g/mol. The maximum absolute atomic E-state index is 13.6. The third kappa shape index (κ3) is 3.17. The monoisotopic (exact) mass is 351 g/mol. The number of carbonyl (C=O) groups excluding carboxylic acids is 1. The summed E-state index contributed by atoms with van der Waals surface area (Å²) >= 11 is 3.19. The molecular formula is C14H8BrF2N3O. The summed E-state index contributed by atoms with van der Waals surface area (Å²) in [7, 11) is 0. The van der Waals surface area contributed by atoms with E-state index >= 15 is 0 Å². The highest BCUT2D eigenvalue weighted by Crippen LogP contribution is 2.25. The van der Waals surface area contributed by atoms with Gasteiger partial charge in [-0.25, -0.2) is 8.78 Å². The molecule has 0 atom stereocenters. The summed E-state index contributed by atoms with van der Waals surface area (Å²) in [4.78, 5) is 12.0. The van der Waals surface area contributed by atoms with E-state index in [1.807, 2.05) is 6.07 Å². The Morgan fingerprint density at radius 3 is 2.57 bits per heavy atom. The first-order chi connectivity index (χ1) is 9.92.